The maximum Gasteiger partial charge on any atom is 0.234 e. The molecule has 1 amide bonds. The third-order valence-corrected chi connectivity index (χ3v) is 4.02. The molecule has 0 atom stereocenters. The van der Waals surface area contributed by atoms with Crippen LogP contribution in [0.5, 0.6) is 0 Å². The highest BCUT2D eigenvalue weighted by atomic mass is 32.2. The van der Waals surface area contributed by atoms with Crippen LogP contribution in [0.3, 0.4) is 0 Å². The molecule has 0 saturated heterocycles. The summed E-state index contributed by atoms with van der Waals surface area (Å²) in [5.41, 5.74) is 8.78. The predicted molar refractivity (Wildman–Crippen MR) is 86.8 cm³/mol. The molecule has 2 aromatic carbocycles. The van der Waals surface area contributed by atoms with Crippen molar-refractivity contribution >= 4 is 29.0 Å². The van der Waals surface area contributed by atoms with Crippen LogP contribution < -0.4 is 11.1 Å². The Morgan fingerprint density at radius 3 is 2.81 bits per heavy atom. The highest BCUT2D eigenvalue weighted by molar-refractivity contribution is 7.99. The van der Waals surface area contributed by atoms with Crippen LogP contribution in [0.2, 0.25) is 0 Å². The molecule has 0 spiro atoms. The van der Waals surface area contributed by atoms with Gasteiger partial charge in [-0.05, 0) is 36.2 Å². The quantitative estimate of drug-likeness (QED) is 0.830. The smallest absolute Gasteiger partial charge is 0.234 e. The third kappa shape index (κ3) is 4.49. The molecule has 5 heteroatoms. The molecule has 2 rings (SSSR count). The number of nitrogens with one attached hydrogen (secondary N) is 1. The Morgan fingerprint density at radius 2 is 2.05 bits per heavy atom. The van der Waals surface area contributed by atoms with Crippen molar-refractivity contribution in [2.24, 2.45) is 0 Å². The summed E-state index contributed by atoms with van der Waals surface area (Å²) in [6.07, 6.45) is 0. The Kier molecular flexibility index (Phi) is 5.22. The molecule has 21 heavy (non-hydrogen) atoms. The zero-order valence-corrected chi connectivity index (χ0v) is 12.5. The van der Waals surface area contributed by atoms with E-state index in [1.165, 1.54) is 41.1 Å². The summed E-state index contributed by atoms with van der Waals surface area (Å²) in [7, 11) is 0. The Bertz CT molecular complexity index is 646. The van der Waals surface area contributed by atoms with Crippen LogP contribution in [0.1, 0.15) is 11.1 Å². The number of thioether (sulfide) groups is 1. The van der Waals surface area contributed by atoms with E-state index in [4.69, 9.17) is 5.73 Å². The van der Waals surface area contributed by atoms with Crippen molar-refractivity contribution in [1.29, 1.82) is 0 Å². The van der Waals surface area contributed by atoms with Gasteiger partial charge >= 0.3 is 0 Å². The van der Waals surface area contributed by atoms with Gasteiger partial charge < -0.3 is 11.1 Å². The lowest BCUT2D eigenvalue weighted by atomic mass is 10.1. The van der Waals surface area contributed by atoms with E-state index in [0.717, 1.165) is 5.75 Å². The lowest BCUT2D eigenvalue weighted by Gasteiger charge is -2.09. The van der Waals surface area contributed by atoms with Crippen LogP contribution >= 0.6 is 11.8 Å². The Balaban J connectivity index is 1.85. The number of carbonyl (C=O) groups is 1. The first kappa shape index (κ1) is 15.4. The van der Waals surface area contributed by atoms with Gasteiger partial charge in [0.05, 0.1) is 17.1 Å². The highest BCUT2D eigenvalue weighted by Gasteiger charge is 2.07. The molecular weight excluding hydrogens is 287 g/mol. The molecule has 110 valence electrons. The first-order valence-electron chi connectivity index (χ1n) is 6.53. The van der Waals surface area contributed by atoms with Gasteiger partial charge in [-0.2, -0.15) is 0 Å². The number of anilines is 2. The molecule has 0 saturated carbocycles. The van der Waals surface area contributed by atoms with E-state index < -0.39 is 5.82 Å². The molecule has 0 aliphatic heterocycles. The Labute approximate surface area is 127 Å². The van der Waals surface area contributed by atoms with E-state index in [2.05, 4.69) is 5.32 Å². The average molecular weight is 304 g/mol. The van der Waals surface area contributed by atoms with Gasteiger partial charge in [0.15, 0.2) is 0 Å². The monoisotopic (exact) mass is 304 g/mol. The molecule has 0 unspecified atom stereocenters. The summed E-state index contributed by atoms with van der Waals surface area (Å²) in [4.78, 5) is 11.8. The lowest BCUT2D eigenvalue weighted by Crippen LogP contribution is -2.15. The summed E-state index contributed by atoms with van der Waals surface area (Å²) in [5, 5.41) is 2.63. The summed E-state index contributed by atoms with van der Waals surface area (Å²) >= 11 is 1.51. The van der Waals surface area contributed by atoms with Gasteiger partial charge in [-0.25, -0.2) is 4.39 Å². The van der Waals surface area contributed by atoms with Crippen molar-refractivity contribution in [2.45, 2.75) is 12.7 Å². The van der Waals surface area contributed by atoms with Crippen molar-refractivity contribution in [1.82, 2.24) is 0 Å². The van der Waals surface area contributed by atoms with Crippen LogP contribution in [-0.4, -0.2) is 11.7 Å². The molecule has 0 heterocycles. The second-order valence-corrected chi connectivity index (χ2v) is 5.68. The minimum absolute atomic E-state index is 0.189. The minimum atomic E-state index is -0.424. The fourth-order valence-corrected chi connectivity index (χ4v) is 2.75. The van der Waals surface area contributed by atoms with E-state index in [0.29, 0.717) is 17.1 Å². The van der Waals surface area contributed by atoms with Gasteiger partial charge in [0.2, 0.25) is 5.91 Å². The maximum absolute atomic E-state index is 13.1. The highest BCUT2D eigenvalue weighted by Crippen LogP contribution is 2.20. The number of hydrogen-bond acceptors (Lipinski definition) is 3. The SMILES string of the molecule is Cc1ccccc1CSCC(=O)Nc1cc(F)ccc1N. The van der Waals surface area contributed by atoms with Crippen molar-refractivity contribution < 1.29 is 9.18 Å². The maximum atomic E-state index is 13.1. The van der Waals surface area contributed by atoms with Gasteiger partial charge in [0, 0.05) is 5.75 Å². The van der Waals surface area contributed by atoms with Crippen LogP contribution in [-0.2, 0) is 10.5 Å². The number of benzene rings is 2. The molecule has 3 N–H and O–H groups in total. The molecule has 0 radical (unpaired) electrons. The molecule has 3 nitrogen and oxygen atoms in total. The number of carbonyl (C=O) groups excluding carboxylic acids is 1. The zero-order valence-electron chi connectivity index (χ0n) is 11.7. The van der Waals surface area contributed by atoms with E-state index >= 15 is 0 Å². The standard InChI is InChI=1S/C16H17FN2OS/c1-11-4-2-3-5-12(11)9-21-10-16(20)19-15-8-13(17)6-7-14(15)18/h2-8H,9-10,18H2,1H3,(H,19,20). The molecule has 0 bridgehead atoms. The van der Waals surface area contributed by atoms with Crippen LogP contribution in [0.15, 0.2) is 42.5 Å². The Morgan fingerprint density at radius 1 is 1.29 bits per heavy atom. The fourth-order valence-electron chi connectivity index (χ4n) is 1.85. The number of nitrogen functional groups attached to an aromatic ring is 1. The number of hydrogen-bond donors (Lipinski definition) is 2. The molecule has 0 aromatic heterocycles. The summed E-state index contributed by atoms with van der Waals surface area (Å²) in [5.74, 6) is 0.446. The number of halogens is 1. The predicted octanol–water partition coefficient (Wildman–Crippen LogP) is 3.59. The van der Waals surface area contributed by atoms with Crippen LogP contribution in [0, 0.1) is 12.7 Å². The van der Waals surface area contributed by atoms with Gasteiger partial charge in [-0.3, -0.25) is 4.79 Å². The van der Waals surface area contributed by atoms with Crippen molar-refractivity contribution in [3.05, 3.63) is 59.4 Å². The third-order valence-electron chi connectivity index (χ3n) is 3.04. The summed E-state index contributed by atoms with van der Waals surface area (Å²) in [6.45, 7) is 2.05. The van der Waals surface area contributed by atoms with Crippen molar-refractivity contribution in [2.75, 3.05) is 16.8 Å². The summed E-state index contributed by atoms with van der Waals surface area (Å²) in [6, 6.07) is 12.0. The topological polar surface area (TPSA) is 55.1 Å². The summed E-state index contributed by atoms with van der Waals surface area (Å²) < 4.78 is 13.1. The largest absolute Gasteiger partial charge is 0.397 e. The number of nitrogens with two attached hydrogens (primary N) is 1. The molecular formula is C16H17FN2OS. The van der Waals surface area contributed by atoms with E-state index in [1.54, 1.807) is 0 Å². The van der Waals surface area contributed by atoms with Crippen LogP contribution in [0.4, 0.5) is 15.8 Å². The normalized spacial score (nSPS) is 10.4. The van der Waals surface area contributed by atoms with Crippen molar-refractivity contribution in [3.8, 4) is 0 Å². The second kappa shape index (κ2) is 7.13. The molecule has 0 fully saturated rings. The van der Waals surface area contributed by atoms with E-state index in [1.807, 2.05) is 31.2 Å². The molecule has 0 aliphatic rings. The first-order chi connectivity index (χ1) is 10.1. The average Bonchev–Trinajstić information content (AvgIpc) is 2.45. The van der Waals surface area contributed by atoms with E-state index in [-0.39, 0.29) is 5.91 Å². The van der Waals surface area contributed by atoms with Gasteiger partial charge in [-0.1, -0.05) is 24.3 Å². The Hall–Kier alpha value is -2.01. The number of aryl methyl sites for hydroxylation is 1. The van der Waals surface area contributed by atoms with Crippen LogP contribution in [0.25, 0.3) is 0 Å². The first-order valence-corrected chi connectivity index (χ1v) is 7.69. The number of rotatable bonds is 5. The van der Waals surface area contributed by atoms with Gasteiger partial charge in [0.25, 0.3) is 0 Å². The van der Waals surface area contributed by atoms with Gasteiger partial charge in [0.1, 0.15) is 5.82 Å². The minimum Gasteiger partial charge on any atom is -0.397 e. The molecule has 0 aliphatic carbocycles. The zero-order chi connectivity index (χ0) is 15.2. The number of amides is 1. The second-order valence-electron chi connectivity index (χ2n) is 4.70. The van der Waals surface area contributed by atoms with Gasteiger partial charge in [-0.15, -0.1) is 11.8 Å². The molecule has 2 aromatic rings. The van der Waals surface area contributed by atoms with Crippen molar-refractivity contribution in [3.63, 3.8) is 0 Å². The van der Waals surface area contributed by atoms with E-state index in [9.17, 15) is 9.18 Å². The fraction of sp³-hybridized carbons (Fsp3) is 0.188. The lowest BCUT2D eigenvalue weighted by molar-refractivity contribution is -0.113.